The van der Waals surface area contributed by atoms with Crippen molar-refractivity contribution in [3.05, 3.63) is 82.7 Å². The van der Waals surface area contributed by atoms with Gasteiger partial charge in [0, 0.05) is 36.4 Å². The van der Waals surface area contributed by atoms with Crippen molar-refractivity contribution in [3.8, 4) is 11.4 Å². The smallest absolute Gasteiger partial charge is 0.314 e. The summed E-state index contributed by atoms with van der Waals surface area (Å²) in [6, 6.07) is 18.6. The number of ether oxygens (including phenoxy) is 2. The molecule has 176 valence electrons. The van der Waals surface area contributed by atoms with Gasteiger partial charge in [-0.25, -0.2) is 4.98 Å². The molecule has 3 aliphatic rings. The van der Waals surface area contributed by atoms with Crippen LogP contribution in [0.3, 0.4) is 0 Å². The van der Waals surface area contributed by atoms with E-state index in [1.807, 2.05) is 18.2 Å². The number of nitrogens with one attached hydrogen (secondary N) is 1. The number of imidazole rings is 1. The first-order chi connectivity index (χ1) is 17.1. The topological polar surface area (TPSA) is 85.6 Å². The van der Waals surface area contributed by atoms with Gasteiger partial charge in [-0.3, -0.25) is 9.36 Å². The van der Waals surface area contributed by atoms with Crippen LogP contribution >= 0.6 is 0 Å². The molecule has 35 heavy (non-hydrogen) atoms. The Bertz CT molecular complexity index is 1510. The van der Waals surface area contributed by atoms with Crippen LogP contribution in [0.2, 0.25) is 0 Å². The summed E-state index contributed by atoms with van der Waals surface area (Å²) in [6.07, 6.45) is 0.929. The van der Waals surface area contributed by atoms with Gasteiger partial charge >= 0.3 is 5.97 Å². The molecule has 1 aromatic heterocycles. The lowest BCUT2D eigenvalue weighted by atomic mass is 9.84. The third-order valence-electron chi connectivity index (χ3n) is 7.54. The second-order valence-electron chi connectivity index (χ2n) is 9.64. The van der Waals surface area contributed by atoms with Gasteiger partial charge in [0.15, 0.2) is 0 Å². The van der Waals surface area contributed by atoms with Crippen LogP contribution in [0.5, 0.6) is 5.75 Å². The molecule has 4 aromatic rings. The maximum Gasteiger partial charge on any atom is 0.314 e. The highest BCUT2D eigenvalue weighted by Gasteiger charge is 2.41. The lowest BCUT2D eigenvalue weighted by molar-refractivity contribution is -0.138. The van der Waals surface area contributed by atoms with Gasteiger partial charge in [-0.15, -0.1) is 0 Å². The molecule has 1 fully saturated rings. The Balaban J connectivity index is 1.26. The average molecular weight is 468 g/mol. The van der Waals surface area contributed by atoms with Gasteiger partial charge in [-0.1, -0.05) is 24.3 Å². The predicted molar refractivity (Wildman–Crippen MR) is 131 cm³/mol. The van der Waals surface area contributed by atoms with Gasteiger partial charge < -0.3 is 19.9 Å². The molecule has 4 heterocycles. The third-order valence-corrected chi connectivity index (χ3v) is 7.54. The second kappa shape index (κ2) is 7.58. The van der Waals surface area contributed by atoms with Gasteiger partial charge in [0.05, 0.1) is 16.7 Å². The first-order valence-corrected chi connectivity index (χ1v) is 12.0. The predicted octanol–water partition coefficient (Wildman–Crippen LogP) is 5.07. The summed E-state index contributed by atoms with van der Waals surface area (Å²) in [5.74, 6) is 0.465. The summed E-state index contributed by atoms with van der Waals surface area (Å²) < 4.78 is 14.1. The zero-order valence-electron chi connectivity index (χ0n) is 19.3. The molecule has 0 radical (unpaired) electrons. The Hall–Kier alpha value is -3.84. The molecule has 3 aliphatic heterocycles. The minimum atomic E-state index is -0.852. The van der Waals surface area contributed by atoms with Crippen molar-refractivity contribution in [2.75, 3.05) is 18.5 Å². The molecule has 0 spiro atoms. The first kappa shape index (κ1) is 20.5. The molecule has 7 rings (SSSR count). The molecule has 0 bridgehead atoms. The quantitative estimate of drug-likeness (QED) is 0.436. The fourth-order valence-corrected chi connectivity index (χ4v) is 5.89. The van der Waals surface area contributed by atoms with Crippen molar-refractivity contribution in [2.45, 2.75) is 37.8 Å². The van der Waals surface area contributed by atoms with E-state index in [9.17, 15) is 9.90 Å². The van der Waals surface area contributed by atoms with Crippen molar-refractivity contribution in [1.29, 1.82) is 0 Å². The maximum absolute atomic E-state index is 11.4. The number of hydrogen-bond donors (Lipinski definition) is 2. The van der Waals surface area contributed by atoms with Crippen LogP contribution in [0.25, 0.3) is 16.7 Å². The zero-order valence-corrected chi connectivity index (χ0v) is 19.3. The van der Waals surface area contributed by atoms with Gasteiger partial charge in [0.1, 0.15) is 30.2 Å². The fourth-order valence-electron chi connectivity index (χ4n) is 5.89. The monoisotopic (exact) mass is 467 g/mol. The number of aromatic nitrogens is 2. The van der Waals surface area contributed by atoms with E-state index in [1.165, 1.54) is 22.4 Å². The van der Waals surface area contributed by atoms with Gasteiger partial charge in [0.2, 0.25) is 0 Å². The number of benzene rings is 3. The van der Waals surface area contributed by atoms with E-state index in [0.29, 0.717) is 12.3 Å². The maximum atomic E-state index is 11.4. The van der Waals surface area contributed by atoms with Crippen LogP contribution in [0, 0.1) is 6.92 Å². The Morgan fingerprint density at radius 3 is 3.00 bits per heavy atom. The molecule has 1 saturated heterocycles. The summed E-state index contributed by atoms with van der Waals surface area (Å²) in [5.41, 5.74) is 8.68. The SMILES string of the molecule is Cc1ccc2c(c1)nc1n2-c2cccc(CNc3ccc4c(c3)OCC4C(=O)O)c2C2CCO[C@@H]12. The van der Waals surface area contributed by atoms with E-state index in [-0.39, 0.29) is 18.6 Å². The van der Waals surface area contributed by atoms with Gasteiger partial charge in [-0.2, -0.15) is 0 Å². The Kier molecular flexibility index (Phi) is 4.45. The van der Waals surface area contributed by atoms with Gasteiger partial charge in [-0.05, 0) is 54.3 Å². The number of hydrogen-bond acceptors (Lipinski definition) is 5. The van der Waals surface area contributed by atoms with Crippen molar-refractivity contribution in [1.82, 2.24) is 9.55 Å². The van der Waals surface area contributed by atoms with Crippen molar-refractivity contribution < 1.29 is 19.4 Å². The van der Waals surface area contributed by atoms with Crippen LogP contribution in [0.15, 0.2) is 54.6 Å². The molecule has 7 heteroatoms. The standard InChI is InChI=1S/C28H25N3O4/c1-15-5-8-22-21(11-15)30-27-26-19(9-10-34-26)25-16(3-2-4-23(25)31(22)27)13-29-17-6-7-18-20(28(32)33)14-35-24(18)12-17/h2-8,11-12,19-20,26,29H,9-10,13-14H2,1H3,(H,32,33)/t19?,20?,26-/m1/s1. The largest absolute Gasteiger partial charge is 0.492 e. The number of fused-ring (bicyclic) bond motifs is 9. The normalized spacial score (nSPS) is 21.7. The van der Waals surface area contributed by atoms with E-state index in [0.717, 1.165) is 41.1 Å². The third kappa shape index (κ3) is 3.08. The number of anilines is 1. The molecule has 2 N–H and O–H groups in total. The fraction of sp³-hybridized carbons (Fsp3) is 0.286. The van der Waals surface area contributed by atoms with Crippen LogP contribution in [-0.2, 0) is 16.1 Å². The number of carboxylic acid groups (broad SMARTS) is 1. The second-order valence-corrected chi connectivity index (χ2v) is 9.64. The summed E-state index contributed by atoms with van der Waals surface area (Å²) >= 11 is 0. The molecule has 3 atom stereocenters. The van der Waals surface area contributed by atoms with E-state index < -0.39 is 11.9 Å². The molecule has 2 unspecified atom stereocenters. The molecular formula is C28H25N3O4. The Morgan fingerprint density at radius 2 is 2.11 bits per heavy atom. The number of carboxylic acids is 1. The zero-order chi connectivity index (χ0) is 23.7. The van der Waals surface area contributed by atoms with Crippen molar-refractivity contribution in [3.63, 3.8) is 0 Å². The molecule has 0 amide bonds. The minimum Gasteiger partial charge on any atom is -0.492 e. The lowest BCUT2D eigenvalue weighted by Crippen LogP contribution is -2.22. The van der Waals surface area contributed by atoms with Crippen LogP contribution in [-0.4, -0.2) is 33.8 Å². The molecule has 3 aromatic carbocycles. The summed E-state index contributed by atoms with van der Waals surface area (Å²) in [4.78, 5) is 16.4. The summed E-state index contributed by atoms with van der Waals surface area (Å²) in [5, 5.41) is 12.9. The van der Waals surface area contributed by atoms with E-state index >= 15 is 0 Å². The Morgan fingerprint density at radius 1 is 1.20 bits per heavy atom. The van der Waals surface area contributed by atoms with Crippen LogP contribution in [0.4, 0.5) is 5.69 Å². The molecule has 0 aliphatic carbocycles. The highest BCUT2D eigenvalue weighted by atomic mass is 16.5. The molecule has 0 saturated carbocycles. The van der Waals surface area contributed by atoms with E-state index in [4.69, 9.17) is 14.5 Å². The number of rotatable bonds is 4. The van der Waals surface area contributed by atoms with E-state index in [2.05, 4.69) is 53.2 Å². The highest BCUT2D eigenvalue weighted by molar-refractivity contribution is 5.81. The summed E-state index contributed by atoms with van der Waals surface area (Å²) in [7, 11) is 0. The molecular weight excluding hydrogens is 442 g/mol. The highest BCUT2D eigenvalue weighted by Crippen LogP contribution is 2.50. The van der Waals surface area contributed by atoms with Gasteiger partial charge in [0.25, 0.3) is 0 Å². The van der Waals surface area contributed by atoms with E-state index in [1.54, 1.807) is 0 Å². The van der Waals surface area contributed by atoms with Crippen LogP contribution < -0.4 is 10.1 Å². The average Bonchev–Trinajstić information content (AvgIpc) is 3.58. The van der Waals surface area contributed by atoms with Crippen LogP contribution in [0.1, 0.15) is 52.4 Å². The Labute approximate surface area is 202 Å². The first-order valence-electron chi connectivity index (χ1n) is 12.0. The van der Waals surface area contributed by atoms with Crippen molar-refractivity contribution >= 4 is 22.7 Å². The lowest BCUT2D eigenvalue weighted by Gasteiger charge is -2.30. The number of aliphatic carboxylic acids is 1. The van der Waals surface area contributed by atoms with Crippen molar-refractivity contribution in [2.24, 2.45) is 0 Å². The summed E-state index contributed by atoms with van der Waals surface area (Å²) in [6.45, 7) is 3.65. The minimum absolute atomic E-state index is 0.0438. The molecule has 7 nitrogen and oxygen atoms in total. The number of carbonyl (C=O) groups is 1. The number of nitrogens with zero attached hydrogens (tertiary/aromatic N) is 2. The number of aryl methyl sites for hydroxylation is 1.